The van der Waals surface area contributed by atoms with Gasteiger partial charge in [-0.1, -0.05) is 12.8 Å². The predicted molar refractivity (Wildman–Crippen MR) is 111 cm³/mol. The Kier molecular flexibility index (Phi) is 5.12. The Balaban J connectivity index is 1.60. The highest BCUT2D eigenvalue weighted by Crippen LogP contribution is 2.25. The molecule has 8 heteroatoms. The van der Waals surface area contributed by atoms with Gasteiger partial charge in [0.05, 0.1) is 28.5 Å². The number of likely N-dealkylation sites (N-methyl/N-ethyl adjacent to an activating group) is 1. The number of fused-ring (bicyclic) bond motifs is 1. The molecule has 146 valence electrons. The average Bonchev–Trinajstić information content (AvgIpc) is 3.16. The Labute approximate surface area is 163 Å². The van der Waals surface area contributed by atoms with E-state index < -0.39 is 5.91 Å². The molecule has 1 aliphatic rings. The third-order valence-corrected chi connectivity index (χ3v) is 5.29. The fourth-order valence-corrected chi connectivity index (χ4v) is 3.81. The lowest BCUT2D eigenvalue weighted by Crippen LogP contribution is -2.44. The van der Waals surface area contributed by atoms with Crippen molar-refractivity contribution < 1.29 is 4.79 Å². The lowest BCUT2D eigenvalue weighted by molar-refractivity contribution is 0.100. The number of nitrogens with two attached hydrogens (primary N) is 1. The second-order valence-corrected chi connectivity index (χ2v) is 7.15. The SMILES string of the molecule is CNC1CCCCC1Nc1ccc(C(N)=O)c(Nc2cnc3cc[nH]c3c2)n1. The minimum Gasteiger partial charge on any atom is -0.366 e. The van der Waals surface area contributed by atoms with Gasteiger partial charge in [0.15, 0.2) is 0 Å². The van der Waals surface area contributed by atoms with Crippen molar-refractivity contribution in [3.8, 4) is 0 Å². The topological polar surface area (TPSA) is 121 Å². The van der Waals surface area contributed by atoms with Gasteiger partial charge in [-0.3, -0.25) is 9.78 Å². The van der Waals surface area contributed by atoms with Crippen LogP contribution in [0.4, 0.5) is 17.3 Å². The fourth-order valence-electron chi connectivity index (χ4n) is 3.81. The second-order valence-electron chi connectivity index (χ2n) is 7.15. The summed E-state index contributed by atoms with van der Waals surface area (Å²) in [6, 6.07) is 8.04. The first kappa shape index (κ1) is 18.2. The van der Waals surface area contributed by atoms with Crippen molar-refractivity contribution in [3.63, 3.8) is 0 Å². The van der Waals surface area contributed by atoms with E-state index in [9.17, 15) is 4.79 Å². The lowest BCUT2D eigenvalue weighted by Gasteiger charge is -2.32. The number of primary amides is 1. The Bertz CT molecular complexity index is 984. The Morgan fingerprint density at radius 3 is 2.82 bits per heavy atom. The second kappa shape index (κ2) is 7.85. The zero-order valence-corrected chi connectivity index (χ0v) is 15.8. The zero-order valence-electron chi connectivity index (χ0n) is 15.8. The van der Waals surface area contributed by atoms with Crippen molar-refractivity contribution in [3.05, 3.63) is 42.2 Å². The number of rotatable bonds is 6. The highest BCUT2D eigenvalue weighted by atomic mass is 16.1. The van der Waals surface area contributed by atoms with Crippen molar-refractivity contribution in [1.82, 2.24) is 20.3 Å². The van der Waals surface area contributed by atoms with Crippen molar-refractivity contribution in [2.75, 3.05) is 17.7 Å². The summed E-state index contributed by atoms with van der Waals surface area (Å²) in [5.74, 6) is 0.608. The van der Waals surface area contributed by atoms with Crippen LogP contribution in [0, 0.1) is 0 Å². The number of pyridine rings is 2. The molecule has 0 saturated heterocycles. The number of amides is 1. The van der Waals surface area contributed by atoms with E-state index >= 15 is 0 Å². The summed E-state index contributed by atoms with van der Waals surface area (Å²) >= 11 is 0. The molecule has 3 aromatic heterocycles. The Hall–Kier alpha value is -3.13. The van der Waals surface area contributed by atoms with E-state index in [0.29, 0.717) is 29.3 Å². The van der Waals surface area contributed by atoms with Crippen molar-refractivity contribution in [1.29, 1.82) is 0 Å². The van der Waals surface area contributed by atoms with Gasteiger partial charge in [-0.2, -0.15) is 0 Å². The highest BCUT2D eigenvalue weighted by molar-refractivity contribution is 5.98. The number of hydrogen-bond acceptors (Lipinski definition) is 6. The summed E-state index contributed by atoms with van der Waals surface area (Å²) in [5, 5.41) is 10.1. The first-order valence-corrected chi connectivity index (χ1v) is 9.59. The molecule has 6 N–H and O–H groups in total. The maximum absolute atomic E-state index is 11.9. The van der Waals surface area contributed by atoms with Crippen LogP contribution < -0.4 is 21.7 Å². The first-order valence-electron chi connectivity index (χ1n) is 9.59. The van der Waals surface area contributed by atoms with Gasteiger partial charge in [-0.25, -0.2) is 4.98 Å². The van der Waals surface area contributed by atoms with Crippen LogP contribution >= 0.6 is 0 Å². The van der Waals surface area contributed by atoms with E-state index in [1.54, 1.807) is 18.3 Å². The zero-order chi connectivity index (χ0) is 19.5. The minimum absolute atomic E-state index is 0.301. The molecular formula is C20H25N7O. The minimum atomic E-state index is -0.527. The van der Waals surface area contributed by atoms with Crippen molar-refractivity contribution in [2.45, 2.75) is 37.8 Å². The quantitative estimate of drug-likeness (QED) is 0.449. The smallest absolute Gasteiger partial charge is 0.252 e. The number of aromatic nitrogens is 3. The Morgan fingerprint density at radius 1 is 1.21 bits per heavy atom. The van der Waals surface area contributed by atoms with Crippen LogP contribution in [0.25, 0.3) is 11.0 Å². The summed E-state index contributed by atoms with van der Waals surface area (Å²) in [6.45, 7) is 0. The average molecular weight is 379 g/mol. The summed E-state index contributed by atoms with van der Waals surface area (Å²) < 4.78 is 0. The van der Waals surface area contributed by atoms with Crippen molar-refractivity contribution in [2.24, 2.45) is 5.73 Å². The molecule has 0 bridgehead atoms. The first-order chi connectivity index (χ1) is 13.6. The largest absolute Gasteiger partial charge is 0.366 e. The van der Waals surface area contributed by atoms with Crippen LogP contribution in [0.2, 0.25) is 0 Å². The molecule has 4 rings (SSSR count). The monoisotopic (exact) mass is 379 g/mol. The molecule has 3 aromatic rings. The number of aromatic amines is 1. The summed E-state index contributed by atoms with van der Waals surface area (Å²) in [7, 11) is 1.99. The third kappa shape index (κ3) is 3.77. The van der Waals surface area contributed by atoms with E-state index in [0.717, 1.165) is 29.6 Å². The molecule has 28 heavy (non-hydrogen) atoms. The number of nitrogens with one attached hydrogen (secondary N) is 4. The van der Waals surface area contributed by atoms with E-state index in [1.807, 2.05) is 25.4 Å². The molecular weight excluding hydrogens is 354 g/mol. The fraction of sp³-hybridized carbons (Fsp3) is 0.350. The molecule has 3 heterocycles. The third-order valence-electron chi connectivity index (χ3n) is 5.29. The molecule has 0 aliphatic heterocycles. The van der Waals surface area contributed by atoms with E-state index in [1.165, 1.54) is 12.8 Å². The van der Waals surface area contributed by atoms with Crippen LogP contribution in [0.15, 0.2) is 36.7 Å². The van der Waals surface area contributed by atoms with Gasteiger partial charge in [0.25, 0.3) is 5.91 Å². The molecule has 2 unspecified atom stereocenters. The maximum atomic E-state index is 11.9. The molecule has 1 fully saturated rings. The number of carbonyl (C=O) groups is 1. The molecule has 1 aliphatic carbocycles. The van der Waals surface area contributed by atoms with Crippen LogP contribution in [-0.2, 0) is 0 Å². The van der Waals surface area contributed by atoms with Crippen molar-refractivity contribution >= 4 is 34.3 Å². The van der Waals surface area contributed by atoms with Gasteiger partial charge in [0, 0.05) is 18.3 Å². The molecule has 1 saturated carbocycles. The molecule has 0 spiro atoms. The summed E-state index contributed by atoms with van der Waals surface area (Å²) in [5.41, 5.74) is 8.39. The van der Waals surface area contributed by atoms with E-state index in [4.69, 9.17) is 5.73 Å². The maximum Gasteiger partial charge on any atom is 0.252 e. The van der Waals surface area contributed by atoms with Crippen LogP contribution in [-0.4, -0.2) is 40.0 Å². The molecule has 2 atom stereocenters. The normalized spacial score (nSPS) is 19.5. The van der Waals surface area contributed by atoms with Gasteiger partial charge in [0.1, 0.15) is 11.6 Å². The van der Waals surface area contributed by atoms with Gasteiger partial charge in [0.2, 0.25) is 0 Å². The van der Waals surface area contributed by atoms with Crippen LogP contribution in [0.5, 0.6) is 0 Å². The van der Waals surface area contributed by atoms with E-state index in [2.05, 4.69) is 30.9 Å². The van der Waals surface area contributed by atoms with Gasteiger partial charge < -0.3 is 26.7 Å². The van der Waals surface area contributed by atoms with Gasteiger partial charge in [-0.05, 0) is 44.2 Å². The highest BCUT2D eigenvalue weighted by Gasteiger charge is 2.24. The molecule has 8 nitrogen and oxygen atoms in total. The number of carbonyl (C=O) groups excluding carboxylic acids is 1. The molecule has 0 aromatic carbocycles. The summed E-state index contributed by atoms with van der Waals surface area (Å²) in [4.78, 5) is 24.0. The summed E-state index contributed by atoms with van der Waals surface area (Å²) in [6.07, 6.45) is 8.20. The van der Waals surface area contributed by atoms with Crippen LogP contribution in [0.3, 0.4) is 0 Å². The lowest BCUT2D eigenvalue weighted by atomic mass is 9.90. The van der Waals surface area contributed by atoms with Gasteiger partial charge >= 0.3 is 0 Å². The molecule has 0 radical (unpaired) electrons. The van der Waals surface area contributed by atoms with Gasteiger partial charge in [-0.15, -0.1) is 0 Å². The number of nitrogens with zero attached hydrogens (tertiary/aromatic N) is 2. The number of hydrogen-bond donors (Lipinski definition) is 5. The number of H-pyrrole nitrogens is 1. The predicted octanol–water partition coefficient (Wildman–Crippen LogP) is 2.74. The Morgan fingerprint density at radius 2 is 2.04 bits per heavy atom. The molecule has 1 amide bonds. The number of anilines is 3. The van der Waals surface area contributed by atoms with Crippen LogP contribution in [0.1, 0.15) is 36.0 Å². The van der Waals surface area contributed by atoms with E-state index in [-0.39, 0.29) is 0 Å². The standard InChI is InChI=1S/C20H25N7O/c1-22-14-4-2-3-5-16(14)26-18-7-6-13(19(21)28)20(27-18)25-12-10-17-15(24-11-12)8-9-23-17/h6-11,14,16,22-23H,2-5H2,1H3,(H2,21,28)(H2,25,26,27).